The Bertz CT molecular complexity index is 1180. The Kier molecular flexibility index (Phi) is 12.0. The van der Waals surface area contributed by atoms with Crippen LogP contribution in [0.4, 0.5) is 13.2 Å². The van der Waals surface area contributed by atoms with E-state index in [1.54, 1.807) is 17.7 Å². The van der Waals surface area contributed by atoms with Crippen LogP contribution in [0.2, 0.25) is 0 Å². The number of halogens is 3. The van der Waals surface area contributed by atoms with E-state index in [4.69, 9.17) is 5.26 Å². The molecule has 1 unspecified atom stereocenters. The Labute approximate surface area is 227 Å². The molecule has 1 aliphatic heterocycles. The van der Waals surface area contributed by atoms with Crippen LogP contribution < -0.4 is 10.6 Å². The van der Waals surface area contributed by atoms with Crippen molar-refractivity contribution in [3.63, 3.8) is 0 Å². The molecular weight excluding hydrogens is 513 g/mol. The molecule has 0 saturated carbocycles. The fraction of sp³-hybridized carbons (Fsp3) is 0.593. The average molecular weight is 553 g/mol. The Morgan fingerprint density at radius 2 is 1.87 bits per heavy atom. The number of aromatic nitrogens is 2. The molecule has 39 heavy (non-hydrogen) atoms. The monoisotopic (exact) mass is 552 g/mol. The van der Waals surface area contributed by atoms with Crippen molar-refractivity contribution in [2.75, 3.05) is 19.6 Å². The molecule has 2 aromatic rings. The number of likely N-dealkylation sites (tertiary alicyclic amines) is 1. The van der Waals surface area contributed by atoms with E-state index in [9.17, 15) is 27.6 Å². The maximum absolute atomic E-state index is 11.9. The molecule has 0 radical (unpaired) electrons. The highest BCUT2D eigenvalue weighted by Gasteiger charge is 2.41. The highest BCUT2D eigenvalue weighted by atomic mass is 19.4. The van der Waals surface area contributed by atoms with Gasteiger partial charge in [-0.05, 0) is 29.7 Å². The number of alkyl halides is 3. The SMILES string of the molecule is CC(C)C.C[C@H]1CN(C(=O)CNC(=O)C(F)(F)F)CC1(C)C.Cc1cn(C)c2cncc(C(C#N)NC=O)c12. The number of nitrogens with one attached hydrogen (secondary N) is 2. The molecule has 2 atom stereocenters. The third kappa shape index (κ3) is 9.57. The summed E-state index contributed by atoms with van der Waals surface area (Å²) in [5.41, 5.74) is 2.69. The summed E-state index contributed by atoms with van der Waals surface area (Å²) < 4.78 is 37.7. The second-order valence-electron chi connectivity index (χ2n) is 11.0. The van der Waals surface area contributed by atoms with Gasteiger partial charge in [-0.2, -0.15) is 18.4 Å². The van der Waals surface area contributed by atoms with Crippen LogP contribution in [0.15, 0.2) is 18.6 Å². The van der Waals surface area contributed by atoms with Gasteiger partial charge in [0.05, 0.1) is 24.3 Å². The Balaban J connectivity index is 0.000000343. The predicted molar refractivity (Wildman–Crippen MR) is 142 cm³/mol. The number of carbonyl (C=O) groups excluding carboxylic acids is 3. The molecule has 0 spiro atoms. The summed E-state index contributed by atoms with van der Waals surface area (Å²) in [7, 11) is 1.93. The molecule has 2 N–H and O–H groups in total. The van der Waals surface area contributed by atoms with Crippen LogP contribution in [0.1, 0.15) is 58.7 Å². The van der Waals surface area contributed by atoms with Crippen LogP contribution in [0.25, 0.3) is 10.9 Å². The first kappa shape index (κ1) is 33.4. The fourth-order valence-corrected chi connectivity index (χ4v) is 3.92. The first-order valence-electron chi connectivity index (χ1n) is 12.6. The topological polar surface area (TPSA) is 120 Å². The van der Waals surface area contributed by atoms with Crippen molar-refractivity contribution >= 4 is 29.1 Å². The largest absolute Gasteiger partial charge is 0.471 e. The van der Waals surface area contributed by atoms with E-state index in [-0.39, 0.29) is 11.3 Å². The predicted octanol–water partition coefficient (Wildman–Crippen LogP) is 4.02. The van der Waals surface area contributed by atoms with E-state index in [0.29, 0.717) is 19.5 Å². The lowest BCUT2D eigenvalue weighted by molar-refractivity contribution is -0.174. The molecule has 1 fully saturated rings. The van der Waals surface area contributed by atoms with Crippen LogP contribution in [0.5, 0.6) is 0 Å². The first-order chi connectivity index (χ1) is 18.0. The number of aryl methyl sites for hydroxylation is 2. The van der Waals surface area contributed by atoms with Crippen LogP contribution in [0, 0.1) is 35.5 Å². The molecule has 1 saturated heterocycles. The molecular formula is C27H39F3N6O3. The van der Waals surface area contributed by atoms with Crippen molar-refractivity contribution in [3.8, 4) is 6.07 Å². The van der Waals surface area contributed by atoms with Gasteiger partial charge < -0.3 is 20.1 Å². The molecule has 0 aliphatic carbocycles. The average Bonchev–Trinajstić information content (AvgIpc) is 3.28. The molecule has 2 aromatic heterocycles. The van der Waals surface area contributed by atoms with Crippen LogP contribution in [0.3, 0.4) is 0 Å². The minimum atomic E-state index is -4.95. The van der Waals surface area contributed by atoms with Gasteiger partial charge in [-0.1, -0.05) is 41.5 Å². The summed E-state index contributed by atoms with van der Waals surface area (Å²) in [5.74, 6) is -1.45. The fourth-order valence-electron chi connectivity index (χ4n) is 3.92. The van der Waals surface area contributed by atoms with Crippen LogP contribution in [-0.4, -0.2) is 58.5 Å². The Morgan fingerprint density at radius 3 is 2.33 bits per heavy atom. The van der Waals surface area contributed by atoms with Gasteiger partial charge >= 0.3 is 12.1 Å². The molecule has 1 aliphatic rings. The molecule has 9 nitrogen and oxygen atoms in total. The van der Waals surface area contributed by atoms with E-state index in [0.717, 1.165) is 27.9 Å². The Hall–Kier alpha value is -3.62. The number of hydrogen-bond donors (Lipinski definition) is 2. The third-order valence-electron chi connectivity index (χ3n) is 6.23. The first-order valence-corrected chi connectivity index (χ1v) is 12.6. The summed E-state index contributed by atoms with van der Waals surface area (Å²) in [6.45, 7) is 14.9. The zero-order valence-electron chi connectivity index (χ0n) is 23.8. The van der Waals surface area contributed by atoms with E-state index >= 15 is 0 Å². The van der Waals surface area contributed by atoms with Crippen LogP contribution in [-0.2, 0) is 21.4 Å². The normalized spacial score (nSPS) is 16.8. The van der Waals surface area contributed by atoms with E-state index in [1.807, 2.05) is 45.5 Å². The van der Waals surface area contributed by atoms with Gasteiger partial charge in [-0.3, -0.25) is 19.4 Å². The maximum Gasteiger partial charge on any atom is 0.471 e. The molecule has 12 heteroatoms. The lowest BCUT2D eigenvalue weighted by atomic mass is 9.84. The summed E-state index contributed by atoms with van der Waals surface area (Å²) in [6, 6.07) is 1.39. The number of hydrogen-bond acceptors (Lipinski definition) is 5. The lowest BCUT2D eigenvalue weighted by Gasteiger charge is -2.22. The second kappa shape index (κ2) is 14.0. The van der Waals surface area contributed by atoms with Gasteiger partial charge in [-0.25, -0.2) is 0 Å². The van der Waals surface area contributed by atoms with Gasteiger partial charge in [0.1, 0.15) is 6.04 Å². The van der Waals surface area contributed by atoms with Gasteiger partial charge in [0.15, 0.2) is 0 Å². The number of pyridine rings is 1. The second-order valence-corrected chi connectivity index (χ2v) is 11.0. The summed E-state index contributed by atoms with van der Waals surface area (Å²) >= 11 is 0. The molecule has 3 rings (SSSR count). The van der Waals surface area contributed by atoms with E-state index < -0.39 is 30.6 Å². The number of nitrogens with zero attached hydrogens (tertiary/aromatic N) is 4. The summed E-state index contributed by atoms with van der Waals surface area (Å²) in [6.07, 6.45) is 0.939. The van der Waals surface area contributed by atoms with Gasteiger partial charge in [0, 0.05) is 43.5 Å². The van der Waals surface area contributed by atoms with E-state index in [1.165, 1.54) is 4.90 Å². The van der Waals surface area contributed by atoms with Crippen LogP contribution >= 0.6 is 0 Å². The molecule has 0 aromatic carbocycles. The number of amides is 3. The molecule has 3 amide bonds. The lowest BCUT2D eigenvalue weighted by Crippen LogP contribution is -2.44. The number of carbonyl (C=O) groups is 3. The van der Waals surface area contributed by atoms with Crippen molar-refractivity contribution in [3.05, 3.63) is 29.7 Å². The third-order valence-corrected chi connectivity index (χ3v) is 6.23. The number of nitriles is 1. The smallest absolute Gasteiger partial charge is 0.349 e. The van der Waals surface area contributed by atoms with Crippen molar-refractivity contribution < 1.29 is 27.6 Å². The zero-order chi connectivity index (χ0) is 30.1. The Morgan fingerprint density at radius 1 is 1.28 bits per heavy atom. The number of fused-ring (bicyclic) bond motifs is 1. The summed E-state index contributed by atoms with van der Waals surface area (Å²) in [5, 5.41) is 14.1. The van der Waals surface area contributed by atoms with Crippen molar-refractivity contribution in [1.29, 1.82) is 5.26 Å². The van der Waals surface area contributed by atoms with Crippen molar-refractivity contribution in [2.24, 2.45) is 24.3 Å². The zero-order valence-corrected chi connectivity index (χ0v) is 23.8. The van der Waals surface area contributed by atoms with Crippen molar-refractivity contribution in [1.82, 2.24) is 25.1 Å². The molecule has 0 bridgehead atoms. The van der Waals surface area contributed by atoms with E-state index in [2.05, 4.69) is 37.1 Å². The highest BCUT2D eigenvalue weighted by molar-refractivity contribution is 5.88. The van der Waals surface area contributed by atoms with Crippen molar-refractivity contribution in [2.45, 2.75) is 60.7 Å². The molecule has 3 heterocycles. The van der Waals surface area contributed by atoms with Gasteiger partial charge in [0.25, 0.3) is 0 Å². The minimum absolute atomic E-state index is 0.0519. The standard InChI is InChI=1S/C12H12N4O.C11H17F3N2O2.C4H10/c1-8-6-16(2)11-5-14-4-9(12(8)11)10(3-13)15-7-17;1-7-5-16(6-10(7,2)3)8(17)4-15-9(18)11(12,13)14;1-4(2)3/h4-7,10H,1-2H3,(H,15,17);7H,4-6H2,1-3H3,(H,15,18);4H,1-3H3/t;7-;/m.0./s1. The maximum atomic E-state index is 11.9. The van der Waals surface area contributed by atoms with Gasteiger partial charge in [-0.15, -0.1) is 0 Å². The number of rotatable bonds is 5. The van der Waals surface area contributed by atoms with Gasteiger partial charge in [0.2, 0.25) is 12.3 Å². The quantitative estimate of drug-likeness (QED) is 0.543. The minimum Gasteiger partial charge on any atom is -0.349 e. The highest BCUT2D eigenvalue weighted by Crippen LogP contribution is 2.34. The summed E-state index contributed by atoms with van der Waals surface area (Å²) in [4.78, 5) is 38.3. The molecule has 216 valence electrons.